The fourth-order valence-electron chi connectivity index (χ4n) is 1.45. The molecule has 1 aliphatic rings. The molecule has 1 saturated heterocycles. The summed E-state index contributed by atoms with van der Waals surface area (Å²) in [5, 5.41) is 9.60. The normalized spacial score (nSPS) is 28.8. The molecule has 1 heterocycles. The Morgan fingerprint density at radius 2 is 2.42 bits per heavy atom. The molecular weight excluding hydrogens is 154 g/mol. The van der Waals surface area contributed by atoms with Crippen LogP contribution in [0.2, 0.25) is 0 Å². The van der Waals surface area contributed by atoms with Crippen molar-refractivity contribution in [2.75, 3.05) is 13.2 Å². The first-order valence-electron chi connectivity index (χ1n) is 4.68. The lowest BCUT2D eigenvalue weighted by Crippen LogP contribution is -2.34. The van der Waals surface area contributed by atoms with Crippen molar-refractivity contribution in [1.82, 2.24) is 0 Å². The van der Waals surface area contributed by atoms with Crippen molar-refractivity contribution in [1.29, 1.82) is 0 Å². The van der Waals surface area contributed by atoms with Gasteiger partial charge in [0, 0.05) is 13.2 Å². The van der Waals surface area contributed by atoms with Gasteiger partial charge >= 0.3 is 0 Å². The van der Waals surface area contributed by atoms with E-state index in [1.165, 1.54) is 0 Å². The summed E-state index contributed by atoms with van der Waals surface area (Å²) in [5.41, 5.74) is 4.70. The van der Waals surface area contributed by atoms with E-state index in [9.17, 15) is 5.11 Å². The van der Waals surface area contributed by atoms with Crippen molar-refractivity contribution >= 4 is 0 Å². The van der Waals surface area contributed by atoms with Gasteiger partial charge in [0.2, 0.25) is 0 Å². The van der Waals surface area contributed by atoms with Gasteiger partial charge in [0.25, 0.3) is 0 Å². The van der Waals surface area contributed by atoms with Crippen LogP contribution in [-0.2, 0) is 4.74 Å². The molecule has 0 aromatic rings. The molecule has 3 nitrogen and oxygen atoms in total. The third kappa shape index (κ3) is 3.09. The van der Waals surface area contributed by atoms with Crippen LogP contribution in [0, 0.1) is 0 Å². The second kappa shape index (κ2) is 4.21. The molecule has 1 aliphatic heterocycles. The Labute approximate surface area is 73.9 Å². The van der Waals surface area contributed by atoms with Crippen LogP contribution in [0.4, 0.5) is 0 Å². The van der Waals surface area contributed by atoms with E-state index >= 15 is 0 Å². The maximum atomic E-state index is 9.60. The molecule has 1 rings (SSSR count). The fourth-order valence-corrected chi connectivity index (χ4v) is 1.45. The lowest BCUT2D eigenvalue weighted by Gasteiger charge is -2.22. The molecule has 0 radical (unpaired) electrons. The topological polar surface area (TPSA) is 55.5 Å². The van der Waals surface area contributed by atoms with Gasteiger partial charge in [-0.15, -0.1) is 0 Å². The smallest absolute Gasteiger partial charge is 0.0742 e. The van der Waals surface area contributed by atoms with Crippen molar-refractivity contribution < 1.29 is 9.84 Å². The maximum absolute atomic E-state index is 9.60. The minimum atomic E-state index is -0.702. The van der Waals surface area contributed by atoms with Crippen LogP contribution in [0.15, 0.2) is 0 Å². The molecule has 0 aliphatic carbocycles. The van der Waals surface area contributed by atoms with Crippen molar-refractivity contribution in [3.8, 4) is 0 Å². The third-order valence-electron chi connectivity index (χ3n) is 2.47. The number of aliphatic hydroxyl groups is 1. The first-order valence-corrected chi connectivity index (χ1v) is 4.68. The quantitative estimate of drug-likeness (QED) is 0.656. The first-order chi connectivity index (χ1) is 5.64. The molecule has 3 N–H and O–H groups in total. The van der Waals surface area contributed by atoms with Crippen molar-refractivity contribution in [2.45, 2.75) is 44.3 Å². The van der Waals surface area contributed by atoms with Crippen LogP contribution in [0.5, 0.6) is 0 Å². The van der Waals surface area contributed by atoms with E-state index in [0.717, 1.165) is 32.3 Å². The maximum Gasteiger partial charge on any atom is 0.0742 e. The summed E-state index contributed by atoms with van der Waals surface area (Å²) in [6.45, 7) is 3.00. The molecule has 0 spiro atoms. The van der Waals surface area contributed by atoms with Crippen LogP contribution in [0.1, 0.15) is 32.6 Å². The predicted molar refractivity (Wildman–Crippen MR) is 47.9 cm³/mol. The van der Waals surface area contributed by atoms with Gasteiger partial charge in [0.05, 0.1) is 11.7 Å². The highest BCUT2D eigenvalue weighted by Crippen LogP contribution is 2.20. The van der Waals surface area contributed by atoms with Crippen molar-refractivity contribution in [2.24, 2.45) is 5.73 Å². The van der Waals surface area contributed by atoms with Gasteiger partial charge in [0.15, 0.2) is 0 Å². The largest absolute Gasteiger partial charge is 0.389 e. The molecule has 2 unspecified atom stereocenters. The molecular formula is C9H19NO2. The van der Waals surface area contributed by atoms with E-state index in [-0.39, 0.29) is 0 Å². The van der Waals surface area contributed by atoms with Crippen molar-refractivity contribution in [3.63, 3.8) is 0 Å². The Bertz CT molecular complexity index is 130. The number of hydrogen-bond donors (Lipinski definition) is 2. The van der Waals surface area contributed by atoms with E-state index in [4.69, 9.17) is 10.5 Å². The lowest BCUT2D eigenvalue weighted by atomic mass is 9.97. The third-order valence-corrected chi connectivity index (χ3v) is 2.47. The van der Waals surface area contributed by atoms with Gasteiger partial charge in [-0.1, -0.05) is 0 Å². The summed E-state index contributed by atoms with van der Waals surface area (Å²) in [4.78, 5) is 0. The number of rotatable bonds is 4. The monoisotopic (exact) mass is 173 g/mol. The van der Waals surface area contributed by atoms with Crippen molar-refractivity contribution in [3.05, 3.63) is 0 Å². The minimum absolute atomic E-state index is 0.333. The lowest BCUT2D eigenvalue weighted by molar-refractivity contribution is 0.0318. The van der Waals surface area contributed by atoms with Gasteiger partial charge in [-0.2, -0.15) is 0 Å². The Morgan fingerprint density at radius 1 is 1.67 bits per heavy atom. The molecule has 3 heteroatoms. The molecule has 72 valence electrons. The van der Waals surface area contributed by atoms with E-state index in [1.807, 2.05) is 0 Å². The molecule has 0 amide bonds. The average Bonchev–Trinajstić information content (AvgIpc) is 2.53. The summed E-state index contributed by atoms with van der Waals surface area (Å²) < 4.78 is 5.44. The summed E-state index contributed by atoms with van der Waals surface area (Å²) in [6, 6.07) is 0. The van der Waals surface area contributed by atoms with Gasteiger partial charge in [0.1, 0.15) is 0 Å². The molecule has 1 fully saturated rings. The van der Waals surface area contributed by atoms with Gasteiger partial charge in [-0.3, -0.25) is 0 Å². The molecule has 0 aromatic heterocycles. The van der Waals surface area contributed by atoms with Crippen LogP contribution in [-0.4, -0.2) is 30.0 Å². The summed E-state index contributed by atoms with van der Waals surface area (Å²) in [7, 11) is 0. The standard InChI is InChI=1S/C9H19NO2/c1-9(11,7-10)5-4-8-3-2-6-12-8/h8,11H,2-7,10H2,1H3. The first kappa shape index (κ1) is 9.96. The van der Waals surface area contributed by atoms with Crippen LogP contribution in [0.25, 0.3) is 0 Å². The second-order valence-corrected chi connectivity index (χ2v) is 3.87. The molecule has 0 aromatic carbocycles. The van der Waals surface area contributed by atoms with Crippen LogP contribution >= 0.6 is 0 Å². The van der Waals surface area contributed by atoms with E-state index in [2.05, 4.69) is 0 Å². The highest BCUT2D eigenvalue weighted by atomic mass is 16.5. The average molecular weight is 173 g/mol. The predicted octanol–water partition coefficient (Wildman–Crippen LogP) is 0.655. The van der Waals surface area contributed by atoms with E-state index < -0.39 is 5.60 Å². The number of ether oxygens (including phenoxy) is 1. The molecule has 12 heavy (non-hydrogen) atoms. The highest BCUT2D eigenvalue weighted by molar-refractivity contribution is 4.76. The Balaban J connectivity index is 2.15. The summed E-state index contributed by atoms with van der Waals surface area (Å²) in [6.07, 6.45) is 4.34. The molecule has 0 saturated carbocycles. The Kier molecular flexibility index (Phi) is 3.50. The number of hydrogen-bond acceptors (Lipinski definition) is 3. The zero-order valence-corrected chi connectivity index (χ0v) is 7.75. The van der Waals surface area contributed by atoms with E-state index in [1.54, 1.807) is 6.92 Å². The number of nitrogens with two attached hydrogens (primary N) is 1. The Morgan fingerprint density at radius 3 is 2.92 bits per heavy atom. The minimum Gasteiger partial charge on any atom is -0.389 e. The fraction of sp³-hybridized carbons (Fsp3) is 1.00. The van der Waals surface area contributed by atoms with Gasteiger partial charge in [-0.05, 0) is 32.6 Å². The molecule has 2 atom stereocenters. The molecule has 0 bridgehead atoms. The van der Waals surface area contributed by atoms with Gasteiger partial charge < -0.3 is 15.6 Å². The van der Waals surface area contributed by atoms with E-state index in [0.29, 0.717) is 12.6 Å². The SMILES string of the molecule is CC(O)(CN)CCC1CCCO1. The van der Waals surface area contributed by atoms with Crippen LogP contribution < -0.4 is 5.73 Å². The Hall–Kier alpha value is -0.120. The second-order valence-electron chi connectivity index (χ2n) is 3.87. The van der Waals surface area contributed by atoms with Gasteiger partial charge in [-0.25, -0.2) is 0 Å². The zero-order valence-electron chi connectivity index (χ0n) is 7.75. The zero-order chi connectivity index (χ0) is 9.03. The summed E-state index contributed by atoms with van der Waals surface area (Å²) >= 11 is 0. The van der Waals surface area contributed by atoms with Crippen LogP contribution in [0.3, 0.4) is 0 Å². The highest BCUT2D eigenvalue weighted by Gasteiger charge is 2.22. The summed E-state index contributed by atoms with van der Waals surface area (Å²) in [5.74, 6) is 0.